The zero-order chi connectivity index (χ0) is 27.6. The van der Waals surface area contributed by atoms with E-state index in [0.717, 1.165) is 11.1 Å². The Balaban J connectivity index is 0.000000860. The summed E-state index contributed by atoms with van der Waals surface area (Å²) in [5, 5.41) is 0. The molecule has 0 aromatic rings. The maximum Gasteiger partial charge on any atom is 0.330 e. The maximum absolute atomic E-state index is 11.3. The number of hydrogen-bond donors (Lipinski definition) is 0. The highest BCUT2D eigenvalue weighted by atomic mass is 16.5. The number of carbonyl (C=O) groups excluding carboxylic acids is 3. The molecule has 0 aromatic carbocycles. The van der Waals surface area contributed by atoms with Gasteiger partial charge >= 0.3 is 11.9 Å². The monoisotopic (exact) mass is 496 g/mol. The van der Waals surface area contributed by atoms with E-state index in [-0.39, 0.29) is 11.4 Å². The van der Waals surface area contributed by atoms with Gasteiger partial charge in [-0.15, -0.1) is 0 Å². The standard InChI is InChI=1S/C22H32O2.C9H12O3/c1-7-24-21(23)15-13-18(3)11-10-17(2)12-14-20-19(4)9-8-16-22(20,5)6;1-3-12-9(11)5-4-8(2)6-7-10/h10-15H,7-9,16H2,1-6H3;4-7H,3H2,1-2H3. The van der Waals surface area contributed by atoms with Crippen LogP contribution >= 0.6 is 0 Å². The van der Waals surface area contributed by atoms with Crippen molar-refractivity contribution < 1.29 is 23.9 Å². The van der Waals surface area contributed by atoms with Crippen molar-refractivity contribution in [1.29, 1.82) is 0 Å². The first kappa shape index (κ1) is 32.8. The van der Waals surface area contributed by atoms with Crippen LogP contribution in [-0.4, -0.2) is 31.4 Å². The lowest BCUT2D eigenvalue weighted by Gasteiger charge is -2.32. The first-order chi connectivity index (χ1) is 17.0. The fourth-order valence-electron chi connectivity index (χ4n) is 3.54. The molecule has 0 bridgehead atoms. The van der Waals surface area contributed by atoms with E-state index in [9.17, 15) is 14.4 Å². The average Bonchev–Trinajstić information content (AvgIpc) is 2.80. The molecule has 0 saturated heterocycles. The van der Waals surface area contributed by atoms with Gasteiger partial charge in [0.2, 0.25) is 0 Å². The second kappa shape index (κ2) is 18.1. The quantitative estimate of drug-likeness (QED) is 0.137. The third kappa shape index (κ3) is 14.9. The summed E-state index contributed by atoms with van der Waals surface area (Å²) in [6, 6.07) is 0. The van der Waals surface area contributed by atoms with Crippen LogP contribution in [0.4, 0.5) is 0 Å². The van der Waals surface area contributed by atoms with Crippen LogP contribution in [0, 0.1) is 5.41 Å². The number of aldehydes is 1. The van der Waals surface area contributed by atoms with Crippen molar-refractivity contribution in [2.45, 2.75) is 74.7 Å². The molecule has 5 heteroatoms. The molecule has 0 fully saturated rings. The molecule has 0 unspecified atom stereocenters. The summed E-state index contributed by atoms with van der Waals surface area (Å²) in [6.45, 7) is 17.0. The zero-order valence-corrected chi connectivity index (χ0v) is 23.4. The van der Waals surface area contributed by atoms with E-state index in [0.29, 0.717) is 19.5 Å². The van der Waals surface area contributed by atoms with Gasteiger partial charge in [0.25, 0.3) is 0 Å². The van der Waals surface area contributed by atoms with Crippen LogP contribution in [0.5, 0.6) is 0 Å². The highest BCUT2D eigenvalue weighted by Crippen LogP contribution is 2.40. The van der Waals surface area contributed by atoms with Crippen LogP contribution in [0.3, 0.4) is 0 Å². The van der Waals surface area contributed by atoms with Gasteiger partial charge in [-0.05, 0) is 83.4 Å². The summed E-state index contributed by atoms with van der Waals surface area (Å²) in [5.74, 6) is -0.691. The molecule has 36 heavy (non-hydrogen) atoms. The zero-order valence-electron chi connectivity index (χ0n) is 23.4. The number of allylic oxidation sites excluding steroid dienone is 12. The van der Waals surface area contributed by atoms with Crippen molar-refractivity contribution in [3.8, 4) is 0 Å². The van der Waals surface area contributed by atoms with Gasteiger partial charge in [0.05, 0.1) is 13.2 Å². The van der Waals surface area contributed by atoms with Gasteiger partial charge in [-0.2, -0.15) is 0 Å². The van der Waals surface area contributed by atoms with E-state index in [1.165, 1.54) is 60.3 Å². The molecule has 0 spiro atoms. The predicted molar refractivity (Wildman–Crippen MR) is 148 cm³/mol. The van der Waals surface area contributed by atoms with Gasteiger partial charge in [-0.1, -0.05) is 67.0 Å². The molecule has 0 amide bonds. The van der Waals surface area contributed by atoms with Crippen LogP contribution in [0.25, 0.3) is 0 Å². The van der Waals surface area contributed by atoms with Crippen molar-refractivity contribution in [2.75, 3.05) is 13.2 Å². The third-order valence-electron chi connectivity index (χ3n) is 5.53. The van der Waals surface area contributed by atoms with Gasteiger partial charge in [0, 0.05) is 12.2 Å². The molecular weight excluding hydrogens is 452 g/mol. The Bertz CT molecular complexity index is 949. The fraction of sp³-hybridized carbons (Fsp3) is 0.452. The van der Waals surface area contributed by atoms with E-state index in [1.807, 2.05) is 13.0 Å². The molecule has 1 aliphatic rings. The number of hydrogen-bond acceptors (Lipinski definition) is 5. The Morgan fingerprint density at radius 3 is 1.72 bits per heavy atom. The van der Waals surface area contributed by atoms with E-state index in [4.69, 9.17) is 4.74 Å². The topological polar surface area (TPSA) is 69.7 Å². The summed E-state index contributed by atoms with van der Waals surface area (Å²) >= 11 is 0. The summed E-state index contributed by atoms with van der Waals surface area (Å²) in [4.78, 5) is 32.0. The Labute approximate surface area is 218 Å². The molecule has 1 aliphatic carbocycles. The van der Waals surface area contributed by atoms with Crippen molar-refractivity contribution >= 4 is 18.2 Å². The molecule has 0 N–H and O–H groups in total. The smallest absolute Gasteiger partial charge is 0.330 e. The molecular formula is C31H44O5. The van der Waals surface area contributed by atoms with Crippen LogP contribution in [0.2, 0.25) is 0 Å². The first-order valence-electron chi connectivity index (χ1n) is 12.5. The second-order valence-corrected chi connectivity index (χ2v) is 9.30. The Kier molecular flexibility index (Phi) is 16.5. The Morgan fingerprint density at radius 2 is 1.28 bits per heavy atom. The molecule has 5 nitrogen and oxygen atoms in total. The van der Waals surface area contributed by atoms with Gasteiger partial charge in [-0.25, -0.2) is 9.59 Å². The lowest BCUT2D eigenvalue weighted by Crippen LogP contribution is -2.19. The van der Waals surface area contributed by atoms with E-state index >= 15 is 0 Å². The molecule has 0 heterocycles. The number of rotatable bonds is 10. The minimum Gasteiger partial charge on any atom is -0.463 e. The Morgan fingerprint density at radius 1 is 0.806 bits per heavy atom. The van der Waals surface area contributed by atoms with Crippen molar-refractivity contribution in [1.82, 2.24) is 0 Å². The van der Waals surface area contributed by atoms with Gasteiger partial charge in [0.15, 0.2) is 0 Å². The SMILES string of the molecule is CCOC(=O)C=CC(C)=CC=C(C)C=CC1=C(C)CCCC1(C)C.CCOC(=O)C=CC(C)=CC=O. The normalized spacial score (nSPS) is 16.8. The highest BCUT2D eigenvalue weighted by Gasteiger charge is 2.26. The fourth-order valence-corrected chi connectivity index (χ4v) is 3.54. The van der Waals surface area contributed by atoms with Gasteiger partial charge < -0.3 is 9.47 Å². The van der Waals surface area contributed by atoms with E-state index in [2.05, 4.69) is 50.7 Å². The molecule has 198 valence electrons. The minimum atomic E-state index is -0.392. The first-order valence-corrected chi connectivity index (χ1v) is 12.5. The van der Waals surface area contributed by atoms with Crippen LogP contribution < -0.4 is 0 Å². The molecule has 0 atom stereocenters. The predicted octanol–water partition coefficient (Wildman–Crippen LogP) is 7.33. The maximum atomic E-state index is 11.3. The van der Waals surface area contributed by atoms with Gasteiger partial charge in [0.1, 0.15) is 6.29 Å². The Hall–Kier alpha value is -3.21. The van der Waals surface area contributed by atoms with Crippen molar-refractivity contribution in [2.24, 2.45) is 5.41 Å². The van der Waals surface area contributed by atoms with Crippen LogP contribution in [-0.2, 0) is 23.9 Å². The number of esters is 2. The molecule has 1 rings (SSSR count). The second-order valence-electron chi connectivity index (χ2n) is 9.30. The summed E-state index contributed by atoms with van der Waals surface area (Å²) < 4.78 is 9.50. The molecule has 0 aliphatic heterocycles. The third-order valence-corrected chi connectivity index (χ3v) is 5.53. The van der Waals surface area contributed by atoms with Crippen LogP contribution in [0.1, 0.15) is 74.7 Å². The molecule has 0 aromatic heterocycles. The highest BCUT2D eigenvalue weighted by molar-refractivity contribution is 5.83. The average molecular weight is 497 g/mol. The van der Waals surface area contributed by atoms with Gasteiger partial charge in [-0.3, -0.25) is 4.79 Å². The summed E-state index contributed by atoms with van der Waals surface area (Å²) in [7, 11) is 0. The van der Waals surface area contributed by atoms with E-state index in [1.54, 1.807) is 26.8 Å². The summed E-state index contributed by atoms with van der Waals surface area (Å²) in [5.41, 5.74) is 6.19. The number of carbonyl (C=O) groups is 3. The minimum absolute atomic E-state index is 0.271. The lowest BCUT2D eigenvalue weighted by molar-refractivity contribution is -0.138. The molecule has 0 radical (unpaired) electrons. The lowest BCUT2D eigenvalue weighted by atomic mass is 9.72. The van der Waals surface area contributed by atoms with Crippen LogP contribution in [0.15, 0.2) is 82.5 Å². The largest absolute Gasteiger partial charge is 0.463 e. The van der Waals surface area contributed by atoms with Crippen molar-refractivity contribution in [3.63, 3.8) is 0 Å². The summed E-state index contributed by atoms with van der Waals surface area (Å²) in [6.07, 6.45) is 20.4. The number of ether oxygens (including phenoxy) is 2. The van der Waals surface area contributed by atoms with E-state index < -0.39 is 5.97 Å². The molecule has 0 saturated carbocycles. The van der Waals surface area contributed by atoms with Crippen molar-refractivity contribution in [3.05, 3.63) is 82.5 Å².